The molecule has 2 heterocycles. The molecule has 8 nitrogen and oxygen atoms in total. The molecule has 0 bridgehead atoms. The number of ether oxygens (including phenoxy) is 1. The van der Waals surface area contributed by atoms with E-state index in [1.807, 2.05) is 4.90 Å². The highest BCUT2D eigenvalue weighted by Gasteiger charge is 2.22. The maximum absolute atomic E-state index is 13.7. The first-order chi connectivity index (χ1) is 16.9. The molecule has 10 heteroatoms. The van der Waals surface area contributed by atoms with Crippen LogP contribution in [0.15, 0.2) is 47.3 Å². The lowest BCUT2D eigenvalue weighted by atomic mass is 10.1. The fraction of sp³-hybridized carbons (Fsp3) is 0.280. The molecule has 0 spiro atoms. The number of rotatable bonds is 7. The summed E-state index contributed by atoms with van der Waals surface area (Å²) in [4.78, 5) is 38.7. The van der Waals surface area contributed by atoms with E-state index in [4.69, 9.17) is 4.74 Å². The Morgan fingerprint density at radius 2 is 2.00 bits per heavy atom. The van der Waals surface area contributed by atoms with Gasteiger partial charge in [-0.15, -0.1) is 11.3 Å². The highest BCUT2D eigenvalue weighted by Crippen LogP contribution is 2.31. The van der Waals surface area contributed by atoms with Crippen molar-refractivity contribution in [3.8, 4) is 0 Å². The first kappa shape index (κ1) is 24.3. The van der Waals surface area contributed by atoms with Crippen LogP contribution in [0.25, 0.3) is 12.2 Å². The van der Waals surface area contributed by atoms with Gasteiger partial charge in [0.2, 0.25) is 0 Å². The molecule has 0 unspecified atom stereocenters. The van der Waals surface area contributed by atoms with E-state index in [2.05, 4.69) is 0 Å². The van der Waals surface area contributed by atoms with E-state index in [-0.39, 0.29) is 24.4 Å². The van der Waals surface area contributed by atoms with E-state index in [0.717, 1.165) is 37.3 Å². The number of carbonyl (C=O) groups excluding carboxylic acids is 1. The summed E-state index contributed by atoms with van der Waals surface area (Å²) in [5.74, 6) is -1.03. The van der Waals surface area contributed by atoms with Crippen molar-refractivity contribution in [2.75, 3.05) is 24.6 Å². The zero-order chi connectivity index (χ0) is 24.9. The Balaban J connectivity index is 1.81. The van der Waals surface area contributed by atoms with E-state index in [1.54, 1.807) is 37.3 Å². The Labute approximate surface area is 204 Å². The Bertz CT molecular complexity index is 1440. The van der Waals surface area contributed by atoms with Crippen molar-refractivity contribution < 1.29 is 18.8 Å². The van der Waals surface area contributed by atoms with Gasteiger partial charge in [0.1, 0.15) is 16.2 Å². The summed E-state index contributed by atoms with van der Waals surface area (Å²) in [6, 6.07) is 10.8. The zero-order valence-corrected chi connectivity index (χ0v) is 19.9. The van der Waals surface area contributed by atoms with Gasteiger partial charge in [-0.3, -0.25) is 19.5 Å². The highest BCUT2D eigenvalue weighted by molar-refractivity contribution is 7.07. The first-order valence-corrected chi connectivity index (χ1v) is 12.0. The summed E-state index contributed by atoms with van der Waals surface area (Å²) < 4.78 is 20.7. The lowest BCUT2D eigenvalue weighted by Gasteiger charge is -2.17. The van der Waals surface area contributed by atoms with Crippen molar-refractivity contribution in [1.82, 2.24) is 4.57 Å². The van der Waals surface area contributed by atoms with E-state index >= 15 is 0 Å². The molecule has 3 aromatic rings. The fourth-order valence-corrected chi connectivity index (χ4v) is 5.08. The van der Waals surface area contributed by atoms with Gasteiger partial charge >= 0.3 is 5.97 Å². The van der Waals surface area contributed by atoms with Crippen LogP contribution in [0.4, 0.5) is 15.8 Å². The molecule has 0 aliphatic carbocycles. The van der Waals surface area contributed by atoms with Crippen LogP contribution in [0.2, 0.25) is 0 Å². The zero-order valence-electron chi connectivity index (χ0n) is 19.1. The largest absolute Gasteiger partial charge is 0.463 e. The molecule has 2 aromatic carbocycles. The minimum Gasteiger partial charge on any atom is -0.463 e. The first-order valence-electron chi connectivity index (χ1n) is 11.2. The number of hydrogen-bond acceptors (Lipinski definition) is 7. The number of thiazole rings is 1. The topological polar surface area (TPSA) is 94.7 Å². The number of nitro groups is 1. The van der Waals surface area contributed by atoms with Gasteiger partial charge in [0, 0.05) is 19.2 Å². The van der Waals surface area contributed by atoms with E-state index in [9.17, 15) is 24.1 Å². The summed E-state index contributed by atoms with van der Waals surface area (Å²) in [7, 11) is 0. The predicted octanol–water partition coefficient (Wildman–Crippen LogP) is 2.78. The van der Waals surface area contributed by atoms with Crippen molar-refractivity contribution in [2.45, 2.75) is 26.3 Å². The van der Waals surface area contributed by atoms with Crippen LogP contribution >= 0.6 is 11.3 Å². The Hall–Kier alpha value is -3.79. The molecule has 0 radical (unpaired) electrons. The normalized spacial score (nSPS) is 14.5. The predicted molar refractivity (Wildman–Crippen MR) is 133 cm³/mol. The third-order valence-electron chi connectivity index (χ3n) is 5.63. The minimum absolute atomic E-state index is 0.0180. The molecular weight excluding hydrogens is 473 g/mol. The summed E-state index contributed by atoms with van der Waals surface area (Å²) in [5, 5.41) is 11.7. The van der Waals surface area contributed by atoms with E-state index in [1.165, 1.54) is 28.8 Å². The number of anilines is 1. The molecule has 35 heavy (non-hydrogen) atoms. The monoisotopic (exact) mass is 497 g/mol. The standard InChI is InChI=1S/C25H24FN3O5S/c1-2-34-24(30)15-23-28(16-18-6-5-7-19(26)12-18)25(31)22(35-23)14-17-8-9-20(21(13-17)29(32)33)27-10-3-4-11-27/h5-9,12-15H,2-4,10-11,16H2,1H3/b22-14-,23-15+. The Morgan fingerprint density at radius 1 is 1.23 bits per heavy atom. The number of esters is 1. The van der Waals surface area contributed by atoms with Crippen molar-refractivity contribution in [3.63, 3.8) is 0 Å². The van der Waals surface area contributed by atoms with E-state index < -0.39 is 16.7 Å². The van der Waals surface area contributed by atoms with Crippen molar-refractivity contribution in [3.05, 3.63) is 89.1 Å². The summed E-state index contributed by atoms with van der Waals surface area (Å²) in [5.41, 5.74) is 1.21. The van der Waals surface area contributed by atoms with Gasteiger partial charge in [-0.2, -0.15) is 0 Å². The SMILES string of the molecule is CCOC(=O)/C=c1/s/c(=C\c2ccc(N3CCCC3)c([N+](=O)[O-])c2)c(=O)n1Cc1cccc(F)c1. The van der Waals surface area contributed by atoms with Crippen LogP contribution in [-0.4, -0.2) is 35.2 Å². The summed E-state index contributed by atoms with van der Waals surface area (Å²) in [6.07, 6.45) is 4.78. The molecule has 0 saturated carbocycles. The lowest BCUT2D eigenvalue weighted by molar-refractivity contribution is -0.384. The molecule has 182 valence electrons. The second kappa shape index (κ2) is 10.6. The van der Waals surface area contributed by atoms with Crippen molar-refractivity contribution in [2.24, 2.45) is 0 Å². The molecule has 0 N–H and O–H groups in total. The van der Waals surface area contributed by atoms with Gasteiger partial charge in [-0.25, -0.2) is 9.18 Å². The second-order valence-electron chi connectivity index (χ2n) is 8.07. The smallest absolute Gasteiger partial charge is 0.333 e. The van der Waals surface area contributed by atoms with E-state index in [0.29, 0.717) is 26.0 Å². The van der Waals surface area contributed by atoms with Crippen molar-refractivity contribution >= 4 is 40.8 Å². The van der Waals surface area contributed by atoms with Gasteiger partial charge in [0.25, 0.3) is 11.2 Å². The Morgan fingerprint density at radius 3 is 2.69 bits per heavy atom. The fourth-order valence-electron chi connectivity index (χ4n) is 4.05. The van der Waals surface area contributed by atoms with Gasteiger partial charge < -0.3 is 9.64 Å². The summed E-state index contributed by atoms with van der Waals surface area (Å²) in [6.45, 7) is 3.46. The van der Waals surface area contributed by atoms with Crippen molar-refractivity contribution in [1.29, 1.82) is 0 Å². The molecule has 1 aliphatic rings. The molecule has 0 atom stereocenters. The third-order valence-corrected chi connectivity index (χ3v) is 6.69. The highest BCUT2D eigenvalue weighted by atomic mass is 32.1. The number of benzene rings is 2. The molecular formula is C25H24FN3O5S. The van der Waals surface area contributed by atoms with Gasteiger partial charge in [-0.05, 0) is 55.2 Å². The van der Waals surface area contributed by atoms with Gasteiger partial charge in [0.15, 0.2) is 0 Å². The molecule has 0 amide bonds. The number of carbonyl (C=O) groups is 1. The number of nitro benzene ring substituents is 1. The number of nitrogens with zero attached hydrogens (tertiary/aromatic N) is 3. The van der Waals surface area contributed by atoms with Crippen LogP contribution in [0, 0.1) is 15.9 Å². The van der Waals surface area contributed by atoms with Crippen LogP contribution < -0.4 is 19.7 Å². The summed E-state index contributed by atoms with van der Waals surface area (Å²) >= 11 is 1.07. The molecule has 1 aromatic heterocycles. The number of halogens is 1. The molecule has 1 fully saturated rings. The molecule has 4 rings (SSSR count). The van der Waals surface area contributed by atoms with Crippen LogP contribution in [0.3, 0.4) is 0 Å². The number of hydrogen-bond donors (Lipinski definition) is 0. The quantitative estimate of drug-likeness (QED) is 0.283. The average molecular weight is 498 g/mol. The van der Waals surface area contributed by atoms with Crippen LogP contribution in [-0.2, 0) is 16.1 Å². The third kappa shape index (κ3) is 5.65. The molecule has 1 saturated heterocycles. The Kier molecular flexibility index (Phi) is 7.40. The van der Waals surface area contributed by atoms with Gasteiger partial charge in [-0.1, -0.05) is 18.2 Å². The number of aromatic nitrogens is 1. The lowest BCUT2D eigenvalue weighted by Crippen LogP contribution is -2.32. The van der Waals surface area contributed by atoms with Gasteiger partial charge in [0.05, 0.1) is 28.7 Å². The van der Waals surface area contributed by atoms with Crippen LogP contribution in [0.1, 0.15) is 30.9 Å². The minimum atomic E-state index is -0.598. The second-order valence-corrected chi connectivity index (χ2v) is 9.13. The maximum Gasteiger partial charge on any atom is 0.333 e. The average Bonchev–Trinajstić information content (AvgIpc) is 3.44. The van der Waals surface area contributed by atoms with Crippen LogP contribution in [0.5, 0.6) is 0 Å². The molecule has 1 aliphatic heterocycles. The maximum atomic E-state index is 13.7.